The zero-order valence-electron chi connectivity index (χ0n) is 20.8. The molecule has 0 aromatic heterocycles. The first-order valence-electron chi connectivity index (χ1n) is 13.3. The molecule has 0 aliphatic carbocycles. The average Bonchev–Trinajstić information content (AvgIpc) is 2.78. The second kappa shape index (κ2) is 25.6. The summed E-state index contributed by atoms with van der Waals surface area (Å²) in [7, 11) is 0. The van der Waals surface area contributed by atoms with Crippen molar-refractivity contribution in [1.82, 2.24) is 5.32 Å². The van der Waals surface area contributed by atoms with Crippen LogP contribution in [0, 0.1) is 5.92 Å². The third-order valence-electron chi connectivity index (χ3n) is 5.80. The summed E-state index contributed by atoms with van der Waals surface area (Å²) in [4.78, 5) is 12.6. The molecule has 1 unspecified atom stereocenters. The lowest BCUT2D eigenvalue weighted by Gasteiger charge is -2.16. The number of hydrogen-bond acceptors (Lipinski definition) is 5. The van der Waals surface area contributed by atoms with Crippen molar-refractivity contribution in [1.29, 1.82) is 0 Å². The monoisotopic (exact) mass is 443 g/mol. The molecule has 0 rings (SSSR count). The lowest BCUT2D eigenvalue weighted by atomic mass is 9.94. The zero-order valence-corrected chi connectivity index (χ0v) is 20.8. The molecule has 186 valence electrons. The van der Waals surface area contributed by atoms with E-state index in [2.05, 4.69) is 19.2 Å². The SMILES string of the molecule is CCCCCCCCC(CCCCCC)C(=O)OCCCCCCNCCOCCO. The molecule has 0 heterocycles. The predicted molar refractivity (Wildman–Crippen MR) is 130 cm³/mol. The molecule has 0 saturated carbocycles. The largest absolute Gasteiger partial charge is 0.465 e. The van der Waals surface area contributed by atoms with Crippen LogP contribution < -0.4 is 5.32 Å². The van der Waals surface area contributed by atoms with Crippen LogP contribution in [0.5, 0.6) is 0 Å². The molecule has 1 atom stereocenters. The van der Waals surface area contributed by atoms with Gasteiger partial charge in [-0.2, -0.15) is 0 Å². The Morgan fingerprint density at radius 2 is 1.29 bits per heavy atom. The Bertz CT molecular complexity index is 365. The standard InChI is InChI=1S/C26H53NO4/c1-3-5-7-9-10-14-18-25(17-13-8-6-4-2)26(29)31-22-16-12-11-15-19-27-20-23-30-24-21-28/h25,27-28H,3-24H2,1-2H3. The van der Waals surface area contributed by atoms with E-state index in [0.717, 1.165) is 64.5 Å². The van der Waals surface area contributed by atoms with Crippen molar-refractivity contribution in [2.24, 2.45) is 5.92 Å². The molecule has 0 radical (unpaired) electrons. The fraction of sp³-hybridized carbons (Fsp3) is 0.962. The molecular formula is C26H53NO4. The minimum absolute atomic E-state index is 0.0506. The second-order valence-corrected chi connectivity index (χ2v) is 8.77. The van der Waals surface area contributed by atoms with E-state index in [9.17, 15) is 4.79 Å². The van der Waals surface area contributed by atoms with Gasteiger partial charge in [0, 0.05) is 6.54 Å². The number of esters is 1. The number of hydrogen-bond donors (Lipinski definition) is 2. The van der Waals surface area contributed by atoms with E-state index in [0.29, 0.717) is 19.8 Å². The molecule has 0 aromatic carbocycles. The summed E-state index contributed by atoms with van der Waals surface area (Å²) in [5.41, 5.74) is 0. The lowest BCUT2D eigenvalue weighted by Crippen LogP contribution is -2.21. The molecule has 0 aliphatic heterocycles. The Balaban J connectivity index is 3.80. The van der Waals surface area contributed by atoms with E-state index in [1.165, 1.54) is 51.4 Å². The van der Waals surface area contributed by atoms with Gasteiger partial charge in [-0.15, -0.1) is 0 Å². The summed E-state index contributed by atoms with van der Waals surface area (Å²) >= 11 is 0. The van der Waals surface area contributed by atoms with Crippen molar-refractivity contribution < 1.29 is 19.4 Å². The summed E-state index contributed by atoms with van der Waals surface area (Å²) < 4.78 is 10.9. The number of carbonyl (C=O) groups is 1. The van der Waals surface area contributed by atoms with Gasteiger partial charge in [-0.1, -0.05) is 90.9 Å². The summed E-state index contributed by atoms with van der Waals surface area (Å²) in [6, 6.07) is 0. The van der Waals surface area contributed by atoms with Gasteiger partial charge in [0.15, 0.2) is 0 Å². The third kappa shape index (κ3) is 22.3. The molecule has 0 amide bonds. The summed E-state index contributed by atoms with van der Waals surface area (Å²) in [5.74, 6) is 0.162. The van der Waals surface area contributed by atoms with Gasteiger partial charge in [-0.05, 0) is 32.2 Å². The highest BCUT2D eigenvalue weighted by Gasteiger charge is 2.19. The van der Waals surface area contributed by atoms with Gasteiger partial charge in [0.1, 0.15) is 0 Å². The summed E-state index contributed by atoms with van der Waals surface area (Å²) in [6.07, 6.45) is 18.9. The highest BCUT2D eigenvalue weighted by atomic mass is 16.5. The molecule has 0 aliphatic rings. The molecule has 2 N–H and O–H groups in total. The molecule has 0 spiro atoms. The van der Waals surface area contributed by atoms with Crippen LogP contribution in [0.15, 0.2) is 0 Å². The van der Waals surface area contributed by atoms with Crippen molar-refractivity contribution in [2.45, 2.75) is 117 Å². The van der Waals surface area contributed by atoms with E-state index in [1.54, 1.807) is 0 Å². The first kappa shape index (κ1) is 30.4. The molecule has 0 aromatic rings. The number of aliphatic hydroxyl groups excluding tert-OH is 1. The van der Waals surface area contributed by atoms with Gasteiger partial charge in [0.05, 0.1) is 32.3 Å². The predicted octanol–water partition coefficient (Wildman–Crippen LogP) is 6.03. The Labute approximate surface area is 193 Å². The third-order valence-corrected chi connectivity index (χ3v) is 5.80. The Hall–Kier alpha value is -0.650. The molecular weight excluding hydrogens is 390 g/mol. The maximum absolute atomic E-state index is 12.6. The molecule has 0 fully saturated rings. The normalized spacial score (nSPS) is 12.2. The van der Waals surface area contributed by atoms with Gasteiger partial charge >= 0.3 is 5.97 Å². The summed E-state index contributed by atoms with van der Waals surface area (Å²) in [5, 5.41) is 12.0. The average molecular weight is 444 g/mol. The van der Waals surface area contributed by atoms with Crippen molar-refractivity contribution in [3.05, 3.63) is 0 Å². The van der Waals surface area contributed by atoms with Crippen LogP contribution >= 0.6 is 0 Å². The van der Waals surface area contributed by atoms with Crippen LogP contribution in [0.1, 0.15) is 117 Å². The molecule has 5 heteroatoms. The van der Waals surface area contributed by atoms with Crippen molar-refractivity contribution in [2.75, 3.05) is 39.5 Å². The molecule has 5 nitrogen and oxygen atoms in total. The minimum atomic E-state index is 0.0506. The lowest BCUT2D eigenvalue weighted by molar-refractivity contribution is -0.149. The first-order valence-corrected chi connectivity index (χ1v) is 13.3. The molecule has 0 bridgehead atoms. The second-order valence-electron chi connectivity index (χ2n) is 8.77. The van der Waals surface area contributed by atoms with E-state index in [4.69, 9.17) is 14.6 Å². The maximum Gasteiger partial charge on any atom is 0.308 e. The summed E-state index contributed by atoms with van der Waals surface area (Å²) in [6.45, 7) is 8.01. The van der Waals surface area contributed by atoms with Gasteiger partial charge in [-0.3, -0.25) is 4.79 Å². The molecule has 0 saturated heterocycles. The van der Waals surface area contributed by atoms with Crippen molar-refractivity contribution in [3.63, 3.8) is 0 Å². The fourth-order valence-electron chi connectivity index (χ4n) is 3.80. The van der Waals surface area contributed by atoms with Crippen LogP contribution in [0.25, 0.3) is 0 Å². The Morgan fingerprint density at radius 3 is 1.97 bits per heavy atom. The van der Waals surface area contributed by atoms with Gasteiger partial charge < -0.3 is 19.9 Å². The Morgan fingerprint density at radius 1 is 0.710 bits per heavy atom. The fourth-order valence-corrected chi connectivity index (χ4v) is 3.80. The zero-order chi connectivity index (χ0) is 22.8. The maximum atomic E-state index is 12.6. The number of aliphatic hydroxyl groups is 1. The number of nitrogens with one attached hydrogen (secondary N) is 1. The van der Waals surface area contributed by atoms with E-state index in [-0.39, 0.29) is 18.5 Å². The first-order chi connectivity index (χ1) is 15.3. The number of unbranched alkanes of at least 4 members (excludes halogenated alkanes) is 11. The van der Waals surface area contributed by atoms with Crippen LogP contribution in [0.2, 0.25) is 0 Å². The van der Waals surface area contributed by atoms with Crippen LogP contribution in [-0.4, -0.2) is 50.6 Å². The van der Waals surface area contributed by atoms with Gasteiger partial charge in [0.25, 0.3) is 0 Å². The minimum Gasteiger partial charge on any atom is -0.465 e. The number of rotatable bonds is 25. The molecule has 31 heavy (non-hydrogen) atoms. The van der Waals surface area contributed by atoms with Gasteiger partial charge in [0.2, 0.25) is 0 Å². The van der Waals surface area contributed by atoms with E-state index >= 15 is 0 Å². The highest BCUT2D eigenvalue weighted by Crippen LogP contribution is 2.20. The van der Waals surface area contributed by atoms with Crippen molar-refractivity contribution >= 4 is 5.97 Å². The quantitative estimate of drug-likeness (QED) is 0.133. The highest BCUT2D eigenvalue weighted by molar-refractivity contribution is 5.72. The number of carbonyl (C=O) groups excluding carboxylic acids is 1. The smallest absolute Gasteiger partial charge is 0.308 e. The topological polar surface area (TPSA) is 67.8 Å². The van der Waals surface area contributed by atoms with Crippen LogP contribution in [0.3, 0.4) is 0 Å². The Kier molecular flexibility index (Phi) is 25.1. The number of ether oxygens (including phenoxy) is 2. The van der Waals surface area contributed by atoms with E-state index in [1.807, 2.05) is 0 Å². The van der Waals surface area contributed by atoms with Gasteiger partial charge in [-0.25, -0.2) is 0 Å². The van der Waals surface area contributed by atoms with Crippen molar-refractivity contribution in [3.8, 4) is 0 Å². The van der Waals surface area contributed by atoms with E-state index < -0.39 is 0 Å². The van der Waals surface area contributed by atoms with Crippen LogP contribution in [-0.2, 0) is 14.3 Å². The van der Waals surface area contributed by atoms with Crippen LogP contribution in [0.4, 0.5) is 0 Å².